The number of carbonyl (C=O) groups is 1. The van der Waals surface area contributed by atoms with Gasteiger partial charge in [-0.25, -0.2) is 9.97 Å². The molecule has 178 valence electrons. The van der Waals surface area contributed by atoms with E-state index in [1.54, 1.807) is 6.92 Å². The quantitative estimate of drug-likeness (QED) is 0.234. The van der Waals surface area contributed by atoms with Crippen molar-refractivity contribution in [3.8, 4) is 33.1 Å². The topological polar surface area (TPSA) is 112 Å². The smallest absolute Gasteiger partial charge is 0.169 e. The summed E-state index contributed by atoms with van der Waals surface area (Å²) in [6.07, 6.45) is 5.47. The Morgan fingerprint density at radius 3 is 2.72 bits per heavy atom. The van der Waals surface area contributed by atoms with Crippen molar-refractivity contribution >= 4 is 44.9 Å². The molecule has 6 rings (SSSR count). The highest BCUT2D eigenvalue weighted by molar-refractivity contribution is 7.17. The van der Waals surface area contributed by atoms with E-state index in [0.717, 1.165) is 48.6 Å². The van der Waals surface area contributed by atoms with Crippen molar-refractivity contribution in [2.75, 3.05) is 5.32 Å². The molecule has 3 N–H and O–H groups in total. The van der Waals surface area contributed by atoms with E-state index < -0.39 is 0 Å². The minimum absolute atomic E-state index is 0.0631. The summed E-state index contributed by atoms with van der Waals surface area (Å²) in [4.78, 5) is 30.8. The standard InChI is InChI=1S/C27H23N7OS/c1-14(2)30-18-9-16(11-28-13-18)17-10-20-25(33-34-26(20)29-12-17)27-31-21-6-4-5-19(24(21)32-27)23-8-7-22(36-23)15(3)35/h4-14,30H,1-3H3,(H,31,32)(H,29,33,34). The van der Waals surface area contributed by atoms with Crippen LogP contribution in [0.2, 0.25) is 0 Å². The van der Waals surface area contributed by atoms with E-state index in [1.165, 1.54) is 11.3 Å². The average Bonchev–Trinajstić information content (AvgIpc) is 3.60. The molecule has 0 saturated heterocycles. The number of para-hydroxylation sites is 1. The van der Waals surface area contributed by atoms with Crippen LogP contribution >= 0.6 is 11.3 Å². The number of carbonyl (C=O) groups excluding carboxylic acids is 1. The predicted octanol–water partition coefficient (Wildman–Crippen LogP) is 6.31. The number of nitrogens with one attached hydrogen (secondary N) is 3. The SMILES string of the molecule is CC(=O)c1ccc(-c2cccc3[nH]c(-c4n[nH]c5ncc(-c6cncc(NC(C)C)c6)cc45)nc23)s1. The molecule has 0 bridgehead atoms. The van der Waals surface area contributed by atoms with Crippen LogP contribution in [0.5, 0.6) is 0 Å². The Hall–Kier alpha value is -4.37. The van der Waals surface area contributed by atoms with Crippen LogP contribution in [0, 0.1) is 0 Å². The van der Waals surface area contributed by atoms with Crippen molar-refractivity contribution in [2.45, 2.75) is 26.8 Å². The first-order valence-corrected chi connectivity index (χ1v) is 12.4. The van der Waals surface area contributed by atoms with Gasteiger partial charge in [-0.1, -0.05) is 12.1 Å². The van der Waals surface area contributed by atoms with Gasteiger partial charge >= 0.3 is 0 Å². The number of ketones is 1. The summed E-state index contributed by atoms with van der Waals surface area (Å²) in [5.74, 6) is 0.715. The average molecular weight is 494 g/mol. The highest BCUT2D eigenvalue weighted by atomic mass is 32.1. The van der Waals surface area contributed by atoms with Crippen LogP contribution in [0.1, 0.15) is 30.4 Å². The Bertz CT molecular complexity index is 1740. The third-order valence-corrected chi connectivity index (χ3v) is 7.12. The van der Waals surface area contributed by atoms with Crippen molar-refractivity contribution in [1.82, 2.24) is 30.1 Å². The molecule has 6 aromatic rings. The van der Waals surface area contributed by atoms with Gasteiger partial charge in [-0.15, -0.1) is 11.3 Å². The third kappa shape index (κ3) is 3.93. The molecule has 1 aromatic carbocycles. The van der Waals surface area contributed by atoms with Gasteiger partial charge in [0.15, 0.2) is 17.3 Å². The summed E-state index contributed by atoms with van der Waals surface area (Å²) in [5, 5.41) is 11.8. The number of thiophene rings is 1. The number of hydrogen-bond acceptors (Lipinski definition) is 7. The van der Waals surface area contributed by atoms with E-state index in [2.05, 4.69) is 56.4 Å². The third-order valence-electron chi connectivity index (χ3n) is 5.90. The number of anilines is 1. The molecule has 0 aliphatic rings. The first-order chi connectivity index (χ1) is 17.5. The molecular weight excluding hydrogens is 470 g/mol. The van der Waals surface area contributed by atoms with E-state index in [0.29, 0.717) is 23.2 Å². The van der Waals surface area contributed by atoms with E-state index in [4.69, 9.17) is 4.98 Å². The maximum atomic E-state index is 11.8. The summed E-state index contributed by atoms with van der Waals surface area (Å²) >= 11 is 1.48. The fourth-order valence-corrected chi connectivity index (χ4v) is 5.19. The number of fused-ring (bicyclic) bond motifs is 2. The highest BCUT2D eigenvalue weighted by Crippen LogP contribution is 2.35. The number of hydrogen-bond donors (Lipinski definition) is 3. The van der Waals surface area contributed by atoms with Crippen molar-refractivity contribution in [3.63, 3.8) is 0 Å². The maximum absolute atomic E-state index is 11.8. The monoisotopic (exact) mass is 493 g/mol. The minimum Gasteiger partial charge on any atom is -0.382 e. The second kappa shape index (κ2) is 8.69. The highest BCUT2D eigenvalue weighted by Gasteiger charge is 2.17. The Morgan fingerprint density at radius 1 is 1.06 bits per heavy atom. The Labute approximate surface area is 210 Å². The van der Waals surface area contributed by atoms with Crippen LogP contribution < -0.4 is 5.32 Å². The fraction of sp³-hybridized carbons (Fsp3) is 0.148. The first kappa shape index (κ1) is 22.1. The van der Waals surface area contributed by atoms with E-state index in [9.17, 15) is 4.79 Å². The molecule has 9 heteroatoms. The van der Waals surface area contributed by atoms with Crippen LogP contribution in [-0.4, -0.2) is 42.0 Å². The lowest BCUT2D eigenvalue weighted by Gasteiger charge is -2.10. The van der Waals surface area contributed by atoms with Crippen molar-refractivity contribution < 1.29 is 4.79 Å². The van der Waals surface area contributed by atoms with E-state index >= 15 is 0 Å². The van der Waals surface area contributed by atoms with Gasteiger partial charge in [0.2, 0.25) is 0 Å². The minimum atomic E-state index is 0.0631. The second-order valence-corrected chi connectivity index (χ2v) is 10.0. The van der Waals surface area contributed by atoms with Gasteiger partial charge in [0.25, 0.3) is 0 Å². The summed E-state index contributed by atoms with van der Waals surface area (Å²) < 4.78 is 0. The lowest BCUT2D eigenvalue weighted by Crippen LogP contribution is -2.09. The van der Waals surface area contributed by atoms with Gasteiger partial charge in [0.1, 0.15) is 5.69 Å². The number of nitrogens with zero attached hydrogens (tertiary/aromatic N) is 4. The molecule has 0 atom stereocenters. The van der Waals surface area contributed by atoms with Crippen LogP contribution in [-0.2, 0) is 0 Å². The molecule has 36 heavy (non-hydrogen) atoms. The lowest BCUT2D eigenvalue weighted by atomic mass is 10.1. The molecule has 0 fully saturated rings. The summed E-state index contributed by atoms with van der Waals surface area (Å²) in [7, 11) is 0. The first-order valence-electron chi connectivity index (χ1n) is 11.6. The summed E-state index contributed by atoms with van der Waals surface area (Å²) in [6, 6.07) is 14.3. The molecule has 0 saturated carbocycles. The molecule has 0 radical (unpaired) electrons. The number of rotatable bonds is 6. The lowest BCUT2D eigenvalue weighted by molar-refractivity contribution is 0.102. The zero-order valence-corrected chi connectivity index (χ0v) is 20.8. The van der Waals surface area contributed by atoms with Crippen molar-refractivity contribution in [1.29, 1.82) is 0 Å². The molecular formula is C27H23N7OS. The number of imidazole rings is 1. The molecule has 0 amide bonds. The molecule has 0 unspecified atom stereocenters. The second-order valence-electron chi connectivity index (χ2n) is 8.96. The summed E-state index contributed by atoms with van der Waals surface area (Å²) in [6.45, 7) is 5.77. The molecule has 0 spiro atoms. The number of pyridine rings is 2. The van der Waals surface area contributed by atoms with E-state index in [-0.39, 0.29) is 5.78 Å². The van der Waals surface area contributed by atoms with Crippen LogP contribution in [0.25, 0.3) is 55.2 Å². The molecule has 0 aliphatic heterocycles. The fourth-order valence-electron chi connectivity index (χ4n) is 4.27. The number of aromatic nitrogens is 6. The van der Waals surface area contributed by atoms with Gasteiger partial charge in [0.05, 0.1) is 27.0 Å². The van der Waals surface area contributed by atoms with Crippen LogP contribution in [0.4, 0.5) is 5.69 Å². The Kier molecular flexibility index (Phi) is 5.34. The van der Waals surface area contributed by atoms with Crippen molar-refractivity contribution in [3.05, 3.63) is 65.9 Å². The number of H-pyrrole nitrogens is 2. The number of Topliss-reactive ketones (excluding diaryl/α,β-unsaturated/α-hetero) is 1. The van der Waals surface area contributed by atoms with Crippen molar-refractivity contribution in [2.24, 2.45) is 0 Å². The number of aromatic amines is 2. The zero-order chi connectivity index (χ0) is 24.8. The Morgan fingerprint density at radius 2 is 1.92 bits per heavy atom. The van der Waals surface area contributed by atoms with E-state index in [1.807, 2.05) is 48.9 Å². The zero-order valence-electron chi connectivity index (χ0n) is 20.0. The molecule has 5 heterocycles. The van der Waals surface area contributed by atoms with Crippen LogP contribution in [0.3, 0.4) is 0 Å². The molecule has 5 aromatic heterocycles. The van der Waals surface area contributed by atoms with Gasteiger partial charge in [0, 0.05) is 46.2 Å². The van der Waals surface area contributed by atoms with Gasteiger partial charge < -0.3 is 10.3 Å². The molecule has 0 aliphatic carbocycles. The van der Waals surface area contributed by atoms with Gasteiger partial charge in [-0.05, 0) is 51.1 Å². The predicted molar refractivity (Wildman–Crippen MR) is 144 cm³/mol. The van der Waals surface area contributed by atoms with Gasteiger partial charge in [-0.3, -0.25) is 14.9 Å². The maximum Gasteiger partial charge on any atom is 0.169 e. The largest absolute Gasteiger partial charge is 0.382 e. The molecule has 8 nitrogen and oxygen atoms in total. The number of benzene rings is 1. The van der Waals surface area contributed by atoms with Crippen LogP contribution in [0.15, 0.2) is 61.1 Å². The normalized spacial score (nSPS) is 11.6. The Balaban J connectivity index is 1.43. The summed E-state index contributed by atoms with van der Waals surface area (Å²) in [5.41, 5.74) is 6.96. The van der Waals surface area contributed by atoms with Gasteiger partial charge in [-0.2, -0.15) is 5.10 Å².